The molecule has 14 heavy (non-hydrogen) atoms. The summed E-state index contributed by atoms with van der Waals surface area (Å²) in [5.74, 6) is 0. The molecule has 0 unspecified atom stereocenters. The molecule has 0 saturated heterocycles. The van der Waals surface area contributed by atoms with Crippen molar-refractivity contribution >= 4 is 0 Å². The summed E-state index contributed by atoms with van der Waals surface area (Å²) in [6.45, 7) is 3.89. The SMILES string of the molecule is CCn1cc(CC2(CN)CCC2)cn1. The Hall–Kier alpha value is -0.830. The summed E-state index contributed by atoms with van der Waals surface area (Å²) >= 11 is 0. The van der Waals surface area contributed by atoms with Gasteiger partial charge in [-0.25, -0.2) is 0 Å². The smallest absolute Gasteiger partial charge is 0.0521 e. The highest BCUT2D eigenvalue weighted by Gasteiger charge is 2.35. The number of hydrogen-bond acceptors (Lipinski definition) is 2. The second kappa shape index (κ2) is 3.73. The van der Waals surface area contributed by atoms with E-state index in [-0.39, 0.29) is 0 Å². The molecule has 0 aliphatic heterocycles. The number of aryl methyl sites for hydroxylation is 1. The zero-order valence-corrected chi connectivity index (χ0v) is 8.87. The highest BCUT2D eigenvalue weighted by atomic mass is 15.3. The molecule has 1 fully saturated rings. The third-order valence-corrected chi connectivity index (χ3v) is 3.44. The Labute approximate surface area is 85.3 Å². The van der Waals surface area contributed by atoms with Crippen molar-refractivity contribution in [2.45, 2.75) is 39.2 Å². The first-order valence-corrected chi connectivity index (χ1v) is 5.49. The van der Waals surface area contributed by atoms with Gasteiger partial charge in [-0.05, 0) is 43.7 Å². The van der Waals surface area contributed by atoms with Gasteiger partial charge in [-0.1, -0.05) is 6.42 Å². The van der Waals surface area contributed by atoms with Crippen molar-refractivity contribution in [3.05, 3.63) is 18.0 Å². The van der Waals surface area contributed by atoms with Crippen LogP contribution >= 0.6 is 0 Å². The van der Waals surface area contributed by atoms with Crippen molar-refractivity contribution in [1.82, 2.24) is 9.78 Å². The van der Waals surface area contributed by atoms with Gasteiger partial charge >= 0.3 is 0 Å². The van der Waals surface area contributed by atoms with Crippen LogP contribution in [0.25, 0.3) is 0 Å². The second-order valence-electron chi connectivity index (χ2n) is 4.44. The Balaban J connectivity index is 2.02. The summed E-state index contributed by atoms with van der Waals surface area (Å²) in [4.78, 5) is 0. The minimum atomic E-state index is 0.404. The van der Waals surface area contributed by atoms with Crippen LogP contribution in [0.3, 0.4) is 0 Å². The van der Waals surface area contributed by atoms with Gasteiger partial charge in [-0.15, -0.1) is 0 Å². The maximum absolute atomic E-state index is 5.83. The zero-order chi connectivity index (χ0) is 10.0. The maximum atomic E-state index is 5.83. The molecule has 0 bridgehead atoms. The molecule has 0 radical (unpaired) electrons. The van der Waals surface area contributed by atoms with Gasteiger partial charge < -0.3 is 5.73 Å². The highest BCUT2D eigenvalue weighted by molar-refractivity contribution is 5.09. The van der Waals surface area contributed by atoms with E-state index in [2.05, 4.69) is 18.2 Å². The summed E-state index contributed by atoms with van der Waals surface area (Å²) in [5, 5.41) is 4.29. The van der Waals surface area contributed by atoms with Gasteiger partial charge in [-0.2, -0.15) is 5.10 Å². The summed E-state index contributed by atoms with van der Waals surface area (Å²) in [7, 11) is 0. The monoisotopic (exact) mass is 193 g/mol. The Morgan fingerprint density at radius 3 is 2.79 bits per heavy atom. The van der Waals surface area contributed by atoms with Crippen LogP contribution in [0, 0.1) is 5.41 Å². The lowest BCUT2D eigenvalue weighted by Gasteiger charge is -2.40. The molecular formula is C11H19N3. The molecule has 1 saturated carbocycles. The fourth-order valence-corrected chi connectivity index (χ4v) is 2.23. The summed E-state index contributed by atoms with van der Waals surface area (Å²) < 4.78 is 1.98. The van der Waals surface area contributed by atoms with Crippen LogP contribution in [0.15, 0.2) is 12.4 Å². The van der Waals surface area contributed by atoms with Crippen LogP contribution in [-0.2, 0) is 13.0 Å². The van der Waals surface area contributed by atoms with Crippen molar-refractivity contribution in [1.29, 1.82) is 0 Å². The van der Waals surface area contributed by atoms with Crippen LogP contribution in [0.5, 0.6) is 0 Å². The topological polar surface area (TPSA) is 43.8 Å². The average molecular weight is 193 g/mol. The predicted octanol–water partition coefficient (Wildman–Crippen LogP) is 1.57. The first-order valence-electron chi connectivity index (χ1n) is 5.49. The van der Waals surface area contributed by atoms with Crippen molar-refractivity contribution in [3.8, 4) is 0 Å². The van der Waals surface area contributed by atoms with Crippen molar-refractivity contribution < 1.29 is 0 Å². The molecule has 2 N–H and O–H groups in total. The van der Waals surface area contributed by atoms with Crippen molar-refractivity contribution in [2.75, 3.05) is 6.54 Å². The minimum Gasteiger partial charge on any atom is -0.330 e. The maximum Gasteiger partial charge on any atom is 0.0521 e. The molecule has 1 aliphatic rings. The van der Waals surface area contributed by atoms with E-state index in [0.717, 1.165) is 19.5 Å². The average Bonchev–Trinajstić information content (AvgIpc) is 2.59. The zero-order valence-electron chi connectivity index (χ0n) is 8.87. The number of aromatic nitrogens is 2. The fraction of sp³-hybridized carbons (Fsp3) is 0.727. The number of nitrogens with two attached hydrogens (primary N) is 1. The third-order valence-electron chi connectivity index (χ3n) is 3.44. The fourth-order valence-electron chi connectivity index (χ4n) is 2.23. The molecular weight excluding hydrogens is 174 g/mol. The predicted molar refractivity (Wildman–Crippen MR) is 56.9 cm³/mol. The van der Waals surface area contributed by atoms with E-state index in [1.54, 1.807) is 0 Å². The van der Waals surface area contributed by atoms with Gasteiger partial charge in [0.2, 0.25) is 0 Å². The lowest BCUT2D eigenvalue weighted by Crippen LogP contribution is -2.39. The second-order valence-corrected chi connectivity index (χ2v) is 4.44. The molecule has 1 aromatic rings. The number of rotatable bonds is 4. The Morgan fingerprint density at radius 1 is 1.57 bits per heavy atom. The summed E-state index contributed by atoms with van der Waals surface area (Å²) in [5.41, 5.74) is 7.58. The molecule has 1 aromatic heterocycles. The molecule has 78 valence electrons. The molecule has 3 nitrogen and oxygen atoms in total. The van der Waals surface area contributed by atoms with E-state index in [9.17, 15) is 0 Å². The molecule has 0 spiro atoms. The lowest BCUT2D eigenvalue weighted by molar-refractivity contribution is 0.145. The van der Waals surface area contributed by atoms with Gasteiger partial charge in [0.25, 0.3) is 0 Å². The van der Waals surface area contributed by atoms with E-state index in [0.29, 0.717) is 5.41 Å². The van der Waals surface area contributed by atoms with Gasteiger partial charge in [0.05, 0.1) is 6.20 Å². The molecule has 1 aliphatic carbocycles. The minimum absolute atomic E-state index is 0.404. The Morgan fingerprint density at radius 2 is 2.36 bits per heavy atom. The first-order chi connectivity index (χ1) is 6.78. The van der Waals surface area contributed by atoms with Crippen molar-refractivity contribution in [3.63, 3.8) is 0 Å². The van der Waals surface area contributed by atoms with Crippen LogP contribution in [0.1, 0.15) is 31.7 Å². The first kappa shape index (κ1) is 9.71. The number of hydrogen-bond donors (Lipinski definition) is 1. The van der Waals surface area contributed by atoms with E-state index in [1.165, 1.54) is 24.8 Å². The van der Waals surface area contributed by atoms with Gasteiger partial charge in [-0.3, -0.25) is 4.68 Å². The van der Waals surface area contributed by atoms with Gasteiger partial charge in [0, 0.05) is 12.7 Å². The highest BCUT2D eigenvalue weighted by Crippen LogP contribution is 2.42. The van der Waals surface area contributed by atoms with Crippen molar-refractivity contribution in [2.24, 2.45) is 11.1 Å². The molecule has 1 heterocycles. The summed E-state index contributed by atoms with van der Waals surface area (Å²) in [6, 6.07) is 0. The van der Waals surface area contributed by atoms with E-state index in [1.807, 2.05) is 10.9 Å². The molecule has 3 heteroatoms. The molecule has 0 atom stereocenters. The molecule has 2 rings (SSSR count). The quantitative estimate of drug-likeness (QED) is 0.789. The van der Waals surface area contributed by atoms with Crippen LogP contribution in [-0.4, -0.2) is 16.3 Å². The van der Waals surface area contributed by atoms with Crippen LogP contribution < -0.4 is 5.73 Å². The van der Waals surface area contributed by atoms with Gasteiger partial charge in [0.15, 0.2) is 0 Å². The van der Waals surface area contributed by atoms with Crippen LogP contribution in [0.2, 0.25) is 0 Å². The van der Waals surface area contributed by atoms with E-state index in [4.69, 9.17) is 5.73 Å². The summed E-state index contributed by atoms with van der Waals surface area (Å²) in [6.07, 6.45) is 9.18. The lowest BCUT2D eigenvalue weighted by atomic mass is 9.66. The van der Waals surface area contributed by atoms with Crippen LogP contribution in [0.4, 0.5) is 0 Å². The Kier molecular flexibility index (Phi) is 2.59. The largest absolute Gasteiger partial charge is 0.330 e. The standard InChI is InChI=1S/C11H19N3/c1-2-14-8-10(7-13-14)6-11(9-12)4-3-5-11/h7-8H,2-6,9,12H2,1H3. The third kappa shape index (κ3) is 1.69. The van der Waals surface area contributed by atoms with E-state index >= 15 is 0 Å². The Bertz CT molecular complexity index is 294. The number of nitrogens with zero attached hydrogens (tertiary/aromatic N) is 2. The van der Waals surface area contributed by atoms with Gasteiger partial charge in [0.1, 0.15) is 0 Å². The molecule has 0 amide bonds. The normalized spacial score (nSPS) is 19.3. The van der Waals surface area contributed by atoms with E-state index < -0.39 is 0 Å². The molecule has 0 aromatic carbocycles.